The summed E-state index contributed by atoms with van der Waals surface area (Å²) in [5.41, 5.74) is 3.76. The number of rotatable bonds is 9. The molecule has 0 fully saturated rings. The largest absolute Gasteiger partial charge is 0.494 e. The molecule has 6 heteroatoms. The molecule has 1 heterocycles. The average molecular weight is 462 g/mol. The fourth-order valence-electron chi connectivity index (χ4n) is 3.83. The molecule has 4 rings (SSSR count). The number of hydrogen-bond acceptors (Lipinski definition) is 4. The van der Waals surface area contributed by atoms with E-state index < -0.39 is 0 Å². The molecule has 33 heavy (non-hydrogen) atoms. The van der Waals surface area contributed by atoms with Gasteiger partial charge >= 0.3 is 0 Å². The van der Waals surface area contributed by atoms with Crippen molar-refractivity contribution in [3.05, 3.63) is 88.9 Å². The van der Waals surface area contributed by atoms with E-state index in [1.807, 2.05) is 66.7 Å². The number of likely N-dealkylation sites (N-methyl/N-ethyl adjacent to an activating group) is 1. The molecule has 0 unspecified atom stereocenters. The standard InChI is InChI=1S/C27H28ClN3O2/c1-3-31(4-2)16-17-33-22-13-11-21(12-14-22)29-26(19-8-6-5-7-9-19)25-23-15-10-20(28)18-24(23)30-27(25)32/h5-15,18,30,32H,3-4,16-17H2,1-2H3. The Balaban J connectivity index is 1.66. The molecule has 0 aliphatic rings. The van der Waals surface area contributed by atoms with Gasteiger partial charge in [0.1, 0.15) is 12.4 Å². The lowest BCUT2D eigenvalue weighted by atomic mass is 10.0. The Morgan fingerprint density at radius 2 is 1.73 bits per heavy atom. The number of hydrogen-bond donors (Lipinski definition) is 2. The normalized spacial score (nSPS) is 11.9. The molecule has 0 spiro atoms. The second kappa shape index (κ2) is 10.6. The van der Waals surface area contributed by atoms with E-state index in [0.717, 1.165) is 47.5 Å². The van der Waals surface area contributed by atoms with Crippen LogP contribution in [-0.4, -0.2) is 46.9 Å². The fraction of sp³-hybridized carbons (Fsp3) is 0.222. The second-order valence-electron chi connectivity index (χ2n) is 7.73. The molecule has 0 saturated carbocycles. The summed E-state index contributed by atoms with van der Waals surface area (Å²) >= 11 is 6.14. The van der Waals surface area contributed by atoms with Crippen LogP contribution in [0.25, 0.3) is 10.9 Å². The first-order chi connectivity index (χ1) is 16.1. The van der Waals surface area contributed by atoms with Crippen molar-refractivity contribution < 1.29 is 9.84 Å². The highest BCUT2D eigenvalue weighted by Gasteiger charge is 2.18. The SMILES string of the molecule is CCN(CC)CCOc1ccc(N=C(c2ccccc2)c2c(O)[nH]c3cc(Cl)ccc23)cc1. The van der Waals surface area contributed by atoms with Crippen molar-refractivity contribution >= 4 is 33.9 Å². The van der Waals surface area contributed by atoms with E-state index >= 15 is 0 Å². The van der Waals surface area contributed by atoms with Crippen LogP contribution in [0, 0.1) is 0 Å². The van der Waals surface area contributed by atoms with Gasteiger partial charge in [-0.15, -0.1) is 0 Å². The minimum Gasteiger partial charge on any atom is -0.494 e. The van der Waals surface area contributed by atoms with Crippen LogP contribution in [0.2, 0.25) is 5.02 Å². The summed E-state index contributed by atoms with van der Waals surface area (Å²) in [6.07, 6.45) is 0. The molecule has 3 aromatic carbocycles. The second-order valence-corrected chi connectivity index (χ2v) is 8.17. The molecule has 1 aromatic heterocycles. The van der Waals surface area contributed by atoms with Crippen LogP contribution < -0.4 is 4.74 Å². The Hall–Kier alpha value is -3.28. The van der Waals surface area contributed by atoms with E-state index in [0.29, 0.717) is 22.9 Å². The van der Waals surface area contributed by atoms with Crippen molar-refractivity contribution in [2.45, 2.75) is 13.8 Å². The molecular formula is C27H28ClN3O2. The number of ether oxygens (including phenoxy) is 1. The summed E-state index contributed by atoms with van der Waals surface area (Å²) in [4.78, 5) is 10.3. The van der Waals surface area contributed by atoms with Crippen LogP contribution in [0.3, 0.4) is 0 Å². The first-order valence-electron chi connectivity index (χ1n) is 11.2. The monoisotopic (exact) mass is 461 g/mol. The minimum atomic E-state index is 0.0613. The highest BCUT2D eigenvalue weighted by molar-refractivity contribution is 6.31. The Bertz CT molecular complexity index is 1230. The lowest BCUT2D eigenvalue weighted by molar-refractivity contribution is 0.223. The number of aromatic nitrogens is 1. The molecule has 0 saturated heterocycles. The van der Waals surface area contributed by atoms with Gasteiger partial charge in [0.2, 0.25) is 0 Å². The summed E-state index contributed by atoms with van der Waals surface area (Å²) in [5.74, 6) is 0.873. The van der Waals surface area contributed by atoms with Crippen LogP contribution >= 0.6 is 11.6 Å². The van der Waals surface area contributed by atoms with Crippen LogP contribution in [-0.2, 0) is 0 Å². The van der Waals surface area contributed by atoms with E-state index in [1.165, 1.54) is 0 Å². The molecule has 2 N–H and O–H groups in total. The quantitative estimate of drug-likeness (QED) is 0.283. The molecule has 0 aliphatic heterocycles. The summed E-state index contributed by atoms with van der Waals surface area (Å²) in [7, 11) is 0. The van der Waals surface area contributed by atoms with Gasteiger partial charge in [-0.05, 0) is 49.5 Å². The smallest absolute Gasteiger partial charge is 0.199 e. The van der Waals surface area contributed by atoms with Gasteiger partial charge in [-0.2, -0.15) is 0 Å². The molecule has 0 amide bonds. The zero-order valence-electron chi connectivity index (χ0n) is 18.9. The van der Waals surface area contributed by atoms with Gasteiger partial charge in [0.25, 0.3) is 0 Å². The molecule has 0 atom stereocenters. The summed E-state index contributed by atoms with van der Waals surface area (Å²) in [5, 5.41) is 12.2. The fourth-order valence-corrected chi connectivity index (χ4v) is 4.01. The van der Waals surface area contributed by atoms with E-state index in [2.05, 4.69) is 23.7 Å². The van der Waals surface area contributed by atoms with Crippen molar-refractivity contribution in [2.75, 3.05) is 26.2 Å². The molecule has 0 aliphatic carbocycles. The predicted octanol–water partition coefficient (Wildman–Crippen LogP) is 6.42. The van der Waals surface area contributed by atoms with Gasteiger partial charge in [-0.3, -0.25) is 0 Å². The zero-order chi connectivity index (χ0) is 23.2. The van der Waals surface area contributed by atoms with Crippen LogP contribution in [0.4, 0.5) is 5.69 Å². The third-order valence-electron chi connectivity index (χ3n) is 5.67. The molecule has 0 radical (unpaired) electrons. The Labute approximate surface area is 199 Å². The topological polar surface area (TPSA) is 60.9 Å². The van der Waals surface area contributed by atoms with Crippen molar-refractivity contribution in [3.8, 4) is 11.6 Å². The van der Waals surface area contributed by atoms with Gasteiger partial charge in [0, 0.05) is 22.5 Å². The summed E-state index contributed by atoms with van der Waals surface area (Å²) in [6, 6.07) is 23.1. The Morgan fingerprint density at radius 3 is 2.42 bits per heavy atom. The van der Waals surface area contributed by atoms with Crippen molar-refractivity contribution in [1.82, 2.24) is 9.88 Å². The van der Waals surface area contributed by atoms with Gasteiger partial charge in [-0.1, -0.05) is 61.8 Å². The van der Waals surface area contributed by atoms with Crippen molar-refractivity contribution in [3.63, 3.8) is 0 Å². The number of benzene rings is 3. The number of halogens is 1. The van der Waals surface area contributed by atoms with E-state index in [4.69, 9.17) is 21.3 Å². The summed E-state index contributed by atoms with van der Waals surface area (Å²) < 4.78 is 5.90. The number of nitrogens with one attached hydrogen (secondary N) is 1. The Kier molecular flexibility index (Phi) is 7.33. The number of aromatic hydroxyl groups is 1. The van der Waals surface area contributed by atoms with E-state index in [-0.39, 0.29) is 5.88 Å². The van der Waals surface area contributed by atoms with Crippen molar-refractivity contribution in [2.24, 2.45) is 4.99 Å². The number of H-pyrrole nitrogens is 1. The number of aliphatic imine (C=N–C) groups is 1. The predicted molar refractivity (Wildman–Crippen MR) is 136 cm³/mol. The number of fused-ring (bicyclic) bond motifs is 1. The Morgan fingerprint density at radius 1 is 1.00 bits per heavy atom. The molecule has 170 valence electrons. The van der Waals surface area contributed by atoms with E-state index in [1.54, 1.807) is 6.07 Å². The first-order valence-corrected chi connectivity index (χ1v) is 11.6. The average Bonchev–Trinajstić information content (AvgIpc) is 3.16. The van der Waals surface area contributed by atoms with Gasteiger partial charge < -0.3 is 19.7 Å². The lowest BCUT2D eigenvalue weighted by Gasteiger charge is -2.18. The molecule has 4 aromatic rings. The highest BCUT2D eigenvalue weighted by Crippen LogP contribution is 2.33. The van der Waals surface area contributed by atoms with Gasteiger partial charge in [0.15, 0.2) is 5.88 Å². The van der Waals surface area contributed by atoms with Crippen molar-refractivity contribution in [1.29, 1.82) is 0 Å². The lowest BCUT2D eigenvalue weighted by Crippen LogP contribution is -2.27. The molecule has 5 nitrogen and oxygen atoms in total. The maximum Gasteiger partial charge on any atom is 0.199 e. The maximum atomic E-state index is 10.8. The first kappa shape index (κ1) is 22.9. The van der Waals surface area contributed by atoms with Crippen LogP contribution in [0.1, 0.15) is 25.0 Å². The number of nitrogens with zero attached hydrogens (tertiary/aromatic N) is 2. The molecule has 0 bridgehead atoms. The molecular weight excluding hydrogens is 434 g/mol. The van der Waals surface area contributed by atoms with Gasteiger partial charge in [-0.25, -0.2) is 4.99 Å². The van der Waals surface area contributed by atoms with Crippen LogP contribution in [0.15, 0.2) is 77.8 Å². The van der Waals surface area contributed by atoms with Gasteiger partial charge in [0.05, 0.1) is 22.5 Å². The third-order valence-corrected chi connectivity index (χ3v) is 5.91. The minimum absolute atomic E-state index is 0.0613. The van der Waals surface area contributed by atoms with Crippen LogP contribution in [0.5, 0.6) is 11.6 Å². The maximum absolute atomic E-state index is 10.8. The van der Waals surface area contributed by atoms with E-state index in [9.17, 15) is 5.11 Å². The highest BCUT2D eigenvalue weighted by atomic mass is 35.5. The number of aromatic amines is 1. The zero-order valence-corrected chi connectivity index (χ0v) is 19.6. The third kappa shape index (κ3) is 5.38. The summed E-state index contributed by atoms with van der Waals surface area (Å²) in [6.45, 7) is 7.88.